The van der Waals surface area contributed by atoms with Crippen LogP contribution in [-0.2, 0) is 0 Å². The van der Waals surface area contributed by atoms with Crippen LogP contribution in [0.1, 0.15) is 47.8 Å². The first-order valence-electron chi connectivity index (χ1n) is 8.83. The highest BCUT2D eigenvalue weighted by molar-refractivity contribution is 5.93. The van der Waals surface area contributed by atoms with E-state index in [0.29, 0.717) is 24.2 Å². The number of benzene rings is 1. The summed E-state index contributed by atoms with van der Waals surface area (Å²) in [5.74, 6) is -0.166. The van der Waals surface area contributed by atoms with Gasteiger partial charge in [0.2, 0.25) is 0 Å². The predicted octanol–water partition coefficient (Wildman–Crippen LogP) is 2.11. The molecule has 1 aliphatic heterocycles. The SMILES string of the molecule is CN1CCC[C@@H]1CNC(=O)c1nnn(-c2ccc(F)cc2)c1C1CC1. The summed E-state index contributed by atoms with van der Waals surface area (Å²) in [5.41, 5.74) is 1.96. The molecule has 1 aromatic heterocycles. The number of aromatic nitrogens is 3. The van der Waals surface area contributed by atoms with Crippen molar-refractivity contribution in [2.45, 2.75) is 37.6 Å². The molecule has 4 rings (SSSR count). The third kappa shape index (κ3) is 3.28. The molecule has 1 saturated carbocycles. The molecule has 7 heteroatoms. The number of carbonyl (C=O) groups excluding carboxylic acids is 1. The predicted molar refractivity (Wildman–Crippen MR) is 91.3 cm³/mol. The van der Waals surface area contributed by atoms with Gasteiger partial charge in [0.1, 0.15) is 5.82 Å². The smallest absolute Gasteiger partial charge is 0.273 e. The molecule has 0 spiro atoms. The van der Waals surface area contributed by atoms with Gasteiger partial charge in [-0.05, 0) is 63.5 Å². The highest BCUT2D eigenvalue weighted by Gasteiger charge is 2.34. The third-order valence-corrected chi connectivity index (χ3v) is 5.13. The molecule has 1 aromatic carbocycles. The van der Waals surface area contributed by atoms with Crippen LogP contribution in [0.4, 0.5) is 4.39 Å². The van der Waals surface area contributed by atoms with Gasteiger partial charge in [0.15, 0.2) is 5.69 Å². The second kappa shape index (κ2) is 6.55. The standard InChI is InChI=1S/C18H22FN5O/c1-23-10-2-3-15(23)11-20-18(25)16-17(12-4-5-12)24(22-21-16)14-8-6-13(19)7-9-14/h6-9,12,15H,2-5,10-11H2,1H3,(H,20,25)/t15-/m1/s1. The lowest BCUT2D eigenvalue weighted by Crippen LogP contribution is -2.38. The average molecular weight is 343 g/mol. The van der Waals surface area contributed by atoms with Crippen LogP contribution in [0.3, 0.4) is 0 Å². The second-order valence-corrected chi connectivity index (χ2v) is 6.97. The lowest BCUT2D eigenvalue weighted by molar-refractivity contribution is 0.0937. The number of hydrogen-bond acceptors (Lipinski definition) is 4. The molecular weight excluding hydrogens is 321 g/mol. The number of likely N-dealkylation sites (N-methyl/N-ethyl adjacent to an activating group) is 1. The van der Waals surface area contributed by atoms with Crippen molar-refractivity contribution in [3.8, 4) is 5.69 Å². The third-order valence-electron chi connectivity index (χ3n) is 5.13. The fourth-order valence-corrected chi connectivity index (χ4v) is 3.48. The lowest BCUT2D eigenvalue weighted by atomic mass is 10.2. The maximum absolute atomic E-state index is 13.2. The van der Waals surface area contributed by atoms with Crippen molar-refractivity contribution in [1.82, 2.24) is 25.2 Å². The van der Waals surface area contributed by atoms with Crippen molar-refractivity contribution in [1.29, 1.82) is 0 Å². The first-order valence-corrected chi connectivity index (χ1v) is 8.83. The molecule has 0 unspecified atom stereocenters. The number of hydrogen-bond donors (Lipinski definition) is 1. The minimum atomic E-state index is -0.296. The van der Waals surface area contributed by atoms with Crippen molar-refractivity contribution in [3.05, 3.63) is 41.5 Å². The Hall–Kier alpha value is -2.28. The minimum Gasteiger partial charge on any atom is -0.349 e. The Morgan fingerprint density at radius 3 is 2.68 bits per heavy atom. The van der Waals surface area contributed by atoms with Gasteiger partial charge in [0.05, 0.1) is 11.4 Å². The van der Waals surface area contributed by atoms with Crippen LogP contribution < -0.4 is 5.32 Å². The Kier molecular flexibility index (Phi) is 4.25. The molecule has 2 heterocycles. The van der Waals surface area contributed by atoms with Crippen molar-refractivity contribution in [2.24, 2.45) is 0 Å². The van der Waals surface area contributed by atoms with E-state index in [1.165, 1.54) is 18.6 Å². The molecule has 132 valence electrons. The van der Waals surface area contributed by atoms with Gasteiger partial charge in [-0.25, -0.2) is 9.07 Å². The molecule has 0 radical (unpaired) electrons. The largest absolute Gasteiger partial charge is 0.349 e. The maximum Gasteiger partial charge on any atom is 0.273 e. The molecule has 0 bridgehead atoms. The highest BCUT2D eigenvalue weighted by Crippen LogP contribution is 2.41. The molecule has 25 heavy (non-hydrogen) atoms. The topological polar surface area (TPSA) is 63.1 Å². The van der Waals surface area contributed by atoms with Gasteiger partial charge in [-0.2, -0.15) is 0 Å². The number of amides is 1. The quantitative estimate of drug-likeness (QED) is 0.903. The van der Waals surface area contributed by atoms with E-state index in [9.17, 15) is 9.18 Å². The molecule has 2 aliphatic rings. The van der Waals surface area contributed by atoms with E-state index in [0.717, 1.165) is 37.2 Å². The van der Waals surface area contributed by atoms with Crippen LogP contribution >= 0.6 is 0 Å². The van der Waals surface area contributed by atoms with E-state index in [1.807, 2.05) is 0 Å². The molecule has 1 amide bonds. The van der Waals surface area contributed by atoms with Gasteiger partial charge in [0, 0.05) is 18.5 Å². The number of carbonyl (C=O) groups is 1. The zero-order chi connectivity index (χ0) is 17.4. The summed E-state index contributed by atoms with van der Waals surface area (Å²) in [6.07, 6.45) is 4.33. The summed E-state index contributed by atoms with van der Waals surface area (Å²) in [5, 5.41) is 11.3. The Labute approximate surface area is 146 Å². The molecule has 6 nitrogen and oxygen atoms in total. The summed E-state index contributed by atoms with van der Waals surface area (Å²) >= 11 is 0. The molecule has 1 aliphatic carbocycles. The molecule has 2 fully saturated rings. The van der Waals surface area contributed by atoms with Gasteiger partial charge in [0.25, 0.3) is 5.91 Å². The molecule has 1 N–H and O–H groups in total. The van der Waals surface area contributed by atoms with Crippen LogP contribution in [0.2, 0.25) is 0 Å². The van der Waals surface area contributed by atoms with Crippen LogP contribution in [0.15, 0.2) is 24.3 Å². The van der Waals surface area contributed by atoms with Gasteiger partial charge in [-0.15, -0.1) is 5.10 Å². The van der Waals surface area contributed by atoms with Crippen LogP contribution in [-0.4, -0.2) is 52.0 Å². The Morgan fingerprint density at radius 1 is 1.28 bits per heavy atom. The number of likely N-dealkylation sites (tertiary alicyclic amines) is 1. The summed E-state index contributed by atoms with van der Waals surface area (Å²) in [6.45, 7) is 1.71. The van der Waals surface area contributed by atoms with Crippen LogP contribution in [0.5, 0.6) is 0 Å². The molecular formula is C18H22FN5O. The number of halogens is 1. The molecule has 1 atom stereocenters. The lowest BCUT2D eigenvalue weighted by Gasteiger charge is -2.19. The van der Waals surface area contributed by atoms with E-state index in [1.54, 1.807) is 16.8 Å². The first-order chi connectivity index (χ1) is 12.1. The zero-order valence-electron chi connectivity index (χ0n) is 14.3. The van der Waals surface area contributed by atoms with Crippen molar-refractivity contribution >= 4 is 5.91 Å². The summed E-state index contributed by atoms with van der Waals surface area (Å²) in [7, 11) is 2.09. The van der Waals surface area contributed by atoms with E-state index >= 15 is 0 Å². The molecule has 1 saturated heterocycles. The van der Waals surface area contributed by atoms with Gasteiger partial charge in [-0.3, -0.25) is 4.79 Å². The van der Waals surface area contributed by atoms with Crippen molar-refractivity contribution < 1.29 is 9.18 Å². The van der Waals surface area contributed by atoms with E-state index in [-0.39, 0.29) is 11.7 Å². The van der Waals surface area contributed by atoms with E-state index in [4.69, 9.17) is 0 Å². The zero-order valence-corrected chi connectivity index (χ0v) is 14.3. The minimum absolute atomic E-state index is 0.171. The number of rotatable bonds is 5. The Bertz CT molecular complexity index is 768. The highest BCUT2D eigenvalue weighted by atomic mass is 19.1. The summed E-state index contributed by atoms with van der Waals surface area (Å²) < 4.78 is 14.8. The fourth-order valence-electron chi connectivity index (χ4n) is 3.48. The van der Waals surface area contributed by atoms with Gasteiger partial charge < -0.3 is 10.2 Å². The number of nitrogens with one attached hydrogen (secondary N) is 1. The molecule has 2 aromatic rings. The fraction of sp³-hybridized carbons (Fsp3) is 0.500. The average Bonchev–Trinajstić information content (AvgIpc) is 3.22. The summed E-state index contributed by atoms with van der Waals surface area (Å²) in [4.78, 5) is 14.9. The second-order valence-electron chi connectivity index (χ2n) is 6.97. The normalized spacial score (nSPS) is 20.8. The van der Waals surface area contributed by atoms with Gasteiger partial charge in [-0.1, -0.05) is 5.21 Å². The monoisotopic (exact) mass is 343 g/mol. The van der Waals surface area contributed by atoms with E-state index < -0.39 is 0 Å². The van der Waals surface area contributed by atoms with E-state index in [2.05, 4.69) is 27.6 Å². The Balaban J connectivity index is 1.55. The maximum atomic E-state index is 13.2. The van der Waals surface area contributed by atoms with Crippen LogP contribution in [0.25, 0.3) is 5.69 Å². The Morgan fingerprint density at radius 2 is 2.04 bits per heavy atom. The van der Waals surface area contributed by atoms with Crippen molar-refractivity contribution in [3.63, 3.8) is 0 Å². The van der Waals surface area contributed by atoms with Gasteiger partial charge >= 0.3 is 0 Å². The van der Waals surface area contributed by atoms with Crippen molar-refractivity contribution in [2.75, 3.05) is 20.1 Å². The summed E-state index contributed by atoms with van der Waals surface area (Å²) in [6, 6.07) is 6.49. The first kappa shape index (κ1) is 16.2. The van der Waals surface area contributed by atoms with Crippen LogP contribution in [0, 0.1) is 5.82 Å². The number of nitrogens with zero attached hydrogens (tertiary/aromatic N) is 4.